The zero-order valence-electron chi connectivity index (χ0n) is 14.4. The number of nitrogens with zero attached hydrogens (tertiary/aromatic N) is 2. The van der Waals surface area contributed by atoms with Gasteiger partial charge in [-0.25, -0.2) is 0 Å². The molecule has 2 aliphatic heterocycles. The third-order valence-electron chi connectivity index (χ3n) is 5.18. The first kappa shape index (κ1) is 17.4. The quantitative estimate of drug-likeness (QED) is 0.853. The zero-order valence-corrected chi connectivity index (χ0v) is 15.2. The number of hydrogen-bond donors (Lipinski definition) is 1. The van der Waals surface area contributed by atoms with E-state index in [1.807, 2.05) is 11.0 Å². The summed E-state index contributed by atoms with van der Waals surface area (Å²) in [5, 5.41) is 5.10. The SMILES string of the molecule is CC(=O)N1CCC[C@@H]1[C@H]1CCCN1CC(=O)NCCc1cccs1. The van der Waals surface area contributed by atoms with E-state index in [0.717, 1.165) is 45.2 Å². The fraction of sp³-hybridized carbons (Fsp3) is 0.667. The van der Waals surface area contributed by atoms with Gasteiger partial charge in [-0.1, -0.05) is 6.07 Å². The van der Waals surface area contributed by atoms with E-state index in [0.29, 0.717) is 25.2 Å². The van der Waals surface area contributed by atoms with Gasteiger partial charge < -0.3 is 10.2 Å². The number of carbonyl (C=O) groups excluding carboxylic acids is 2. The van der Waals surface area contributed by atoms with E-state index in [2.05, 4.69) is 21.7 Å². The van der Waals surface area contributed by atoms with Crippen LogP contribution in [0.3, 0.4) is 0 Å². The Bertz CT molecular complexity index is 561. The van der Waals surface area contributed by atoms with Crippen molar-refractivity contribution in [2.45, 2.75) is 51.1 Å². The van der Waals surface area contributed by atoms with E-state index in [-0.39, 0.29) is 11.8 Å². The molecule has 0 aromatic carbocycles. The van der Waals surface area contributed by atoms with Crippen LogP contribution in [0.2, 0.25) is 0 Å². The van der Waals surface area contributed by atoms with Crippen molar-refractivity contribution in [2.75, 3.05) is 26.2 Å². The molecule has 1 aromatic heterocycles. The average Bonchev–Trinajstić information content (AvgIpc) is 3.28. The maximum Gasteiger partial charge on any atom is 0.234 e. The van der Waals surface area contributed by atoms with Gasteiger partial charge in [-0.3, -0.25) is 14.5 Å². The zero-order chi connectivity index (χ0) is 16.9. The van der Waals surface area contributed by atoms with Crippen LogP contribution in [0.4, 0.5) is 0 Å². The highest BCUT2D eigenvalue weighted by Gasteiger charge is 2.39. The molecule has 0 radical (unpaired) electrons. The minimum atomic E-state index is 0.103. The molecule has 2 fully saturated rings. The van der Waals surface area contributed by atoms with Crippen molar-refractivity contribution in [3.8, 4) is 0 Å². The fourth-order valence-corrected chi connectivity index (χ4v) is 4.80. The van der Waals surface area contributed by atoms with E-state index >= 15 is 0 Å². The van der Waals surface area contributed by atoms with Crippen LogP contribution in [0.15, 0.2) is 17.5 Å². The molecule has 1 N–H and O–H groups in total. The molecule has 0 aliphatic carbocycles. The van der Waals surface area contributed by atoms with Gasteiger partial charge in [0.25, 0.3) is 0 Å². The summed E-state index contributed by atoms with van der Waals surface area (Å²) in [6.45, 7) is 4.65. The van der Waals surface area contributed by atoms with Crippen LogP contribution < -0.4 is 5.32 Å². The lowest BCUT2D eigenvalue weighted by atomic mass is 10.0. The first-order chi connectivity index (χ1) is 11.6. The maximum absolute atomic E-state index is 12.3. The summed E-state index contributed by atoms with van der Waals surface area (Å²) in [5.41, 5.74) is 0. The molecule has 0 unspecified atom stereocenters. The highest BCUT2D eigenvalue weighted by atomic mass is 32.1. The van der Waals surface area contributed by atoms with E-state index in [9.17, 15) is 9.59 Å². The standard InChI is InChI=1S/C18H27N3O2S/c1-14(22)21-11-3-7-17(21)16-6-2-10-20(16)13-18(23)19-9-8-15-5-4-12-24-15/h4-5,12,16-17H,2-3,6-11,13H2,1H3,(H,19,23)/t16-,17-/m1/s1. The molecule has 5 nitrogen and oxygen atoms in total. The van der Waals surface area contributed by atoms with Gasteiger partial charge in [0.1, 0.15) is 0 Å². The average molecular weight is 350 g/mol. The predicted octanol–water partition coefficient (Wildman–Crippen LogP) is 1.88. The van der Waals surface area contributed by atoms with Gasteiger partial charge in [-0.05, 0) is 50.1 Å². The molecule has 1 aromatic rings. The van der Waals surface area contributed by atoms with Gasteiger partial charge in [0.05, 0.1) is 6.54 Å². The van der Waals surface area contributed by atoms with Crippen molar-refractivity contribution in [2.24, 2.45) is 0 Å². The van der Waals surface area contributed by atoms with Gasteiger partial charge >= 0.3 is 0 Å². The Morgan fingerprint density at radius 2 is 2.04 bits per heavy atom. The Labute approximate surface area is 148 Å². The molecule has 24 heavy (non-hydrogen) atoms. The first-order valence-corrected chi connectivity index (χ1v) is 9.83. The summed E-state index contributed by atoms with van der Waals surface area (Å²) in [4.78, 5) is 29.7. The normalized spacial score (nSPS) is 24.5. The van der Waals surface area contributed by atoms with E-state index in [1.165, 1.54) is 4.88 Å². The molecule has 3 heterocycles. The predicted molar refractivity (Wildman–Crippen MR) is 96.0 cm³/mol. The highest BCUT2D eigenvalue weighted by Crippen LogP contribution is 2.29. The monoisotopic (exact) mass is 349 g/mol. The molecule has 0 saturated carbocycles. The van der Waals surface area contributed by atoms with Crippen LogP contribution in [-0.2, 0) is 16.0 Å². The topological polar surface area (TPSA) is 52.7 Å². The number of hydrogen-bond acceptors (Lipinski definition) is 4. The Balaban J connectivity index is 1.48. The van der Waals surface area contributed by atoms with Crippen LogP contribution in [0, 0.1) is 0 Å². The van der Waals surface area contributed by atoms with Gasteiger partial charge in [0, 0.05) is 37.0 Å². The second-order valence-corrected chi connectivity index (χ2v) is 7.81. The molecule has 3 rings (SSSR count). The van der Waals surface area contributed by atoms with Crippen molar-refractivity contribution >= 4 is 23.2 Å². The summed E-state index contributed by atoms with van der Waals surface area (Å²) in [7, 11) is 0. The lowest BCUT2D eigenvalue weighted by molar-refractivity contribution is -0.130. The van der Waals surface area contributed by atoms with Crippen molar-refractivity contribution in [1.29, 1.82) is 0 Å². The molecule has 6 heteroatoms. The van der Waals surface area contributed by atoms with Crippen molar-refractivity contribution in [3.63, 3.8) is 0 Å². The maximum atomic E-state index is 12.3. The third-order valence-corrected chi connectivity index (χ3v) is 6.12. The minimum Gasteiger partial charge on any atom is -0.355 e. The summed E-state index contributed by atoms with van der Waals surface area (Å²) >= 11 is 1.73. The van der Waals surface area contributed by atoms with E-state index in [4.69, 9.17) is 0 Å². The molecular weight excluding hydrogens is 322 g/mol. The number of likely N-dealkylation sites (tertiary alicyclic amines) is 2. The van der Waals surface area contributed by atoms with Crippen LogP contribution >= 0.6 is 11.3 Å². The number of nitrogens with one attached hydrogen (secondary N) is 1. The molecular formula is C18H27N3O2S. The molecule has 0 spiro atoms. The Morgan fingerprint density at radius 1 is 1.25 bits per heavy atom. The largest absolute Gasteiger partial charge is 0.355 e. The minimum absolute atomic E-state index is 0.103. The fourth-order valence-electron chi connectivity index (χ4n) is 4.09. The number of thiophene rings is 1. The Kier molecular flexibility index (Phi) is 5.89. The van der Waals surface area contributed by atoms with Gasteiger partial charge in [-0.2, -0.15) is 0 Å². The smallest absolute Gasteiger partial charge is 0.234 e. The number of carbonyl (C=O) groups is 2. The number of rotatable bonds is 6. The van der Waals surface area contributed by atoms with Crippen molar-refractivity contribution in [1.82, 2.24) is 15.1 Å². The summed E-state index contributed by atoms with van der Waals surface area (Å²) < 4.78 is 0. The van der Waals surface area contributed by atoms with E-state index < -0.39 is 0 Å². The van der Waals surface area contributed by atoms with Gasteiger partial charge in [-0.15, -0.1) is 11.3 Å². The molecule has 0 bridgehead atoms. The Morgan fingerprint density at radius 3 is 2.79 bits per heavy atom. The Hall–Kier alpha value is -1.40. The molecule has 132 valence electrons. The van der Waals surface area contributed by atoms with Crippen LogP contribution in [0.25, 0.3) is 0 Å². The summed E-state index contributed by atoms with van der Waals surface area (Å²) in [6.07, 6.45) is 5.27. The molecule has 2 amide bonds. The van der Waals surface area contributed by atoms with E-state index in [1.54, 1.807) is 18.3 Å². The highest BCUT2D eigenvalue weighted by molar-refractivity contribution is 7.09. The van der Waals surface area contributed by atoms with Gasteiger partial charge in [0.2, 0.25) is 11.8 Å². The van der Waals surface area contributed by atoms with Crippen molar-refractivity contribution in [3.05, 3.63) is 22.4 Å². The molecule has 2 saturated heterocycles. The second-order valence-electron chi connectivity index (χ2n) is 6.78. The second kappa shape index (κ2) is 8.12. The lowest BCUT2D eigenvalue weighted by Crippen LogP contribution is -2.50. The van der Waals surface area contributed by atoms with Crippen molar-refractivity contribution < 1.29 is 9.59 Å². The molecule has 2 atom stereocenters. The lowest BCUT2D eigenvalue weighted by Gasteiger charge is -2.34. The van der Waals surface area contributed by atoms with Crippen LogP contribution in [-0.4, -0.2) is 59.9 Å². The summed E-state index contributed by atoms with van der Waals surface area (Å²) in [5.74, 6) is 0.274. The molecule has 2 aliphatic rings. The van der Waals surface area contributed by atoms with Crippen LogP contribution in [0.5, 0.6) is 0 Å². The number of amides is 2. The summed E-state index contributed by atoms with van der Waals surface area (Å²) in [6, 6.07) is 4.78. The van der Waals surface area contributed by atoms with Crippen LogP contribution in [0.1, 0.15) is 37.5 Å². The van der Waals surface area contributed by atoms with Gasteiger partial charge in [0.15, 0.2) is 0 Å². The third kappa shape index (κ3) is 4.16. The first-order valence-electron chi connectivity index (χ1n) is 8.95.